The lowest BCUT2D eigenvalue weighted by Crippen LogP contribution is -2.51. The maximum Gasteiger partial charge on any atom is 0.407 e. The lowest BCUT2D eigenvalue weighted by Gasteiger charge is -2.38. The summed E-state index contributed by atoms with van der Waals surface area (Å²) in [7, 11) is 0. The molecule has 1 saturated carbocycles. The normalized spacial score (nSPS) is 24.8. The summed E-state index contributed by atoms with van der Waals surface area (Å²) >= 11 is 0. The van der Waals surface area contributed by atoms with Crippen LogP contribution in [0.3, 0.4) is 0 Å². The number of ether oxygens (including phenoxy) is 1. The number of carbonyl (C=O) groups is 3. The second-order valence-corrected chi connectivity index (χ2v) is 8.51. The van der Waals surface area contributed by atoms with Gasteiger partial charge in [0.1, 0.15) is 5.60 Å². The molecule has 0 spiro atoms. The van der Waals surface area contributed by atoms with Crippen molar-refractivity contribution >= 4 is 18.0 Å². The number of carbonyl (C=O) groups excluding carboxylic acids is 2. The van der Waals surface area contributed by atoms with Crippen LogP contribution >= 0.6 is 0 Å². The van der Waals surface area contributed by atoms with Crippen molar-refractivity contribution in [3.8, 4) is 0 Å². The van der Waals surface area contributed by atoms with Crippen LogP contribution in [0.5, 0.6) is 0 Å². The van der Waals surface area contributed by atoms with E-state index in [4.69, 9.17) is 9.84 Å². The molecule has 2 fully saturated rings. The number of nitrogens with zero attached hydrogens (tertiary/aromatic N) is 1. The quantitative estimate of drug-likeness (QED) is 0.795. The maximum absolute atomic E-state index is 13.0. The highest BCUT2D eigenvalue weighted by Crippen LogP contribution is 2.29. The van der Waals surface area contributed by atoms with Gasteiger partial charge in [0.25, 0.3) is 0 Å². The van der Waals surface area contributed by atoms with Gasteiger partial charge in [0.15, 0.2) is 0 Å². The van der Waals surface area contributed by atoms with E-state index in [2.05, 4.69) is 5.32 Å². The highest BCUT2D eigenvalue weighted by Gasteiger charge is 2.36. The molecule has 2 amide bonds. The number of nitrogens with one attached hydrogen (secondary N) is 1. The number of piperidine rings is 1. The zero-order valence-electron chi connectivity index (χ0n) is 16.1. The van der Waals surface area contributed by atoms with Crippen LogP contribution in [0.4, 0.5) is 4.79 Å². The van der Waals surface area contributed by atoms with Gasteiger partial charge in [-0.25, -0.2) is 4.79 Å². The van der Waals surface area contributed by atoms with Gasteiger partial charge in [-0.3, -0.25) is 9.59 Å². The zero-order valence-corrected chi connectivity index (χ0v) is 16.1. The van der Waals surface area contributed by atoms with Gasteiger partial charge in [-0.1, -0.05) is 12.8 Å². The fraction of sp³-hybridized carbons (Fsp3) is 0.842. The van der Waals surface area contributed by atoms with Crippen LogP contribution in [0.2, 0.25) is 0 Å². The summed E-state index contributed by atoms with van der Waals surface area (Å²) in [4.78, 5) is 37.8. The summed E-state index contributed by atoms with van der Waals surface area (Å²) in [6.45, 7) is 6.66. The molecule has 2 rings (SSSR count). The second-order valence-electron chi connectivity index (χ2n) is 8.51. The Morgan fingerprint density at radius 2 is 1.69 bits per heavy atom. The number of amides is 2. The van der Waals surface area contributed by atoms with Gasteiger partial charge in [-0.05, 0) is 52.4 Å². The summed E-state index contributed by atoms with van der Waals surface area (Å²) in [5.74, 6) is -0.755. The number of carboxylic acids is 1. The third-order valence-corrected chi connectivity index (χ3v) is 5.17. The summed E-state index contributed by atoms with van der Waals surface area (Å²) in [6.07, 6.45) is 4.70. The molecule has 2 N–H and O–H groups in total. The molecule has 0 aromatic carbocycles. The first-order valence-corrected chi connectivity index (χ1v) is 9.66. The monoisotopic (exact) mass is 368 g/mol. The molecule has 148 valence electrons. The Labute approximate surface area is 155 Å². The maximum atomic E-state index is 13.0. The number of rotatable bonds is 4. The molecule has 7 nitrogen and oxygen atoms in total. The molecular formula is C19H32N2O5. The van der Waals surface area contributed by atoms with Crippen molar-refractivity contribution in [3.63, 3.8) is 0 Å². The van der Waals surface area contributed by atoms with Gasteiger partial charge in [0, 0.05) is 25.6 Å². The van der Waals surface area contributed by atoms with E-state index in [0.29, 0.717) is 13.1 Å². The lowest BCUT2D eigenvalue weighted by atomic mass is 9.82. The predicted molar refractivity (Wildman–Crippen MR) is 96.7 cm³/mol. The fourth-order valence-electron chi connectivity index (χ4n) is 3.90. The highest BCUT2D eigenvalue weighted by molar-refractivity contribution is 5.81. The number of carboxylic acid groups (broad SMARTS) is 1. The number of likely N-dealkylation sites (tertiary alicyclic amines) is 1. The van der Waals surface area contributed by atoms with Crippen molar-refractivity contribution in [1.82, 2.24) is 10.2 Å². The average molecular weight is 368 g/mol. The van der Waals surface area contributed by atoms with Gasteiger partial charge < -0.3 is 20.1 Å². The molecule has 0 aromatic heterocycles. The Balaban J connectivity index is 1.91. The number of alkyl carbamates (subject to hydrolysis) is 1. The lowest BCUT2D eigenvalue weighted by molar-refractivity contribution is -0.140. The summed E-state index contributed by atoms with van der Waals surface area (Å²) in [6, 6.07) is -0.192. The Bertz CT molecular complexity index is 521. The molecule has 0 bridgehead atoms. The van der Waals surface area contributed by atoms with Crippen molar-refractivity contribution in [2.45, 2.75) is 77.4 Å². The van der Waals surface area contributed by atoms with E-state index in [1.807, 2.05) is 25.7 Å². The second kappa shape index (κ2) is 8.73. The van der Waals surface area contributed by atoms with E-state index in [1.165, 1.54) is 0 Å². The molecule has 2 aliphatic rings. The molecule has 26 heavy (non-hydrogen) atoms. The van der Waals surface area contributed by atoms with Crippen LogP contribution in [0.15, 0.2) is 0 Å². The van der Waals surface area contributed by atoms with Gasteiger partial charge in [0.05, 0.1) is 5.92 Å². The van der Waals surface area contributed by atoms with Crippen molar-refractivity contribution in [2.24, 2.45) is 11.8 Å². The van der Waals surface area contributed by atoms with Crippen LogP contribution < -0.4 is 5.32 Å². The fourth-order valence-corrected chi connectivity index (χ4v) is 3.90. The molecule has 0 radical (unpaired) electrons. The molecule has 7 heteroatoms. The van der Waals surface area contributed by atoms with E-state index in [0.717, 1.165) is 38.5 Å². The minimum absolute atomic E-state index is 0.0829. The number of hydrogen-bond acceptors (Lipinski definition) is 4. The van der Waals surface area contributed by atoms with Gasteiger partial charge in [0.2, 0.25) is 5.91 Å². The molecule has 2 atom stereocenters. The molecular weight excluding hydrogens is 336 g/mol. The van der Waals surface area contributed by atoms with Crippen molar-refractivity contribution in [3.05, 3.63) is 0 Å². The predicted octanol–water partition coefficient (Wildman–Crippen LogP) is 2.78. The van der Waals surface area contributed by atoms with Gasteiger partial charge in [-0.2, -0.15) is 0 Å². The SMILES string of the molecule is CC(C)(C)OC(=O)N[C@H]1CCCC[C@@H]1C(=O)N1CCC(CC(=O)O)CC1. The largest absolute Gasteiger partial charge is 0.481 e. The minimum atomic E-state index is -0.774. The average Bonchev–Trinajstić information content (AvgIpc) is 2.53. The van der Waals surface area contributed by atoms with Gasteiger partial charge in [-0.15, -0.1) is 0 Å². The zero-order chi connectivity index (χ0) is 19.3. The van der Waals surface area contributed by atoms with Crippen LogP contribution in [-0.4, -0.2) is 52.7 Å². The van der Waals surface area contributed by atoms with Crippen LogP contribution in [-0.2, 0) is 14.3 Å². The van der Waals surface area contributed by atoms with E-state index >= 15 is 0 Å². The number of aliphatic carboxylic acids is 1. The van der Waals surface area contributed by atoms with Crippen LogP contribution in [0.1, 0.15) is 65.7 Å². The van der Waals surface area contributed by atoms with E-state index < -0.39 is 17.7 Å². The van der Waals surface area contributed by atoms with Crippen LogP contribution in [0, 0.1) is 11.8 Å². The van der Waals surface area contributed by atoms with E-state index in [9.17, 15) is 14.4 Å². The summed E-state index contributed by atoms with van der Waals surface area (Å²) in [5.41, 5.74) is -0.565. The number of hydrogen-bond donors (Lipinski definition) is 2. The van der Waals surface area contributed by atoms with Crippen LogP contribution in [0.25, 0.3) is 0 Å². The molecule has 1 aliphatic carbocycles. The molecule has 0 unspecified atom stereocenters. The highest BCUT2D eigenvalue weighted by atomic mass is 16.6. The summed E-state index contributed by atoms with van der Waals surface area (Å²) < 4.78 is 5.33. The standard InChI is InChI=1S/C19H32N2O5/c1-19(2,3)26-18(25)20-15-7-5-4-6-14(15)17(24)21-10-8-13(9-11-21)12-16(22)23/h13-15H,4-12H2,1-3H3,(H,20,25)(H,22,23)/t14-,15-/m0/s1. The third-order valence-electron chi connectivity index (χ3n) is 5.17. The Hall–Kier alpha value is -1.79. The minimum Gasteiger partial charge on any atom is -0.481 e. The van der Waals surface area contributed by atoms with Crippen molar-refractivity contribution in [1.29, 1.82) is 0 Å². The molecule has 0 aromatic rings. The van der Waals surface area contributed by atoms with Crippen molar-refractivity contribution < 1.29 is 24.2 Å². The smallest absolute Gasteiger partial charge is 0.407 e. The van der Waals surface area contributed by atoms with E-state index in [1.54, 1.807) is 0 Å². The first-order chi connectivity index (χ1) is 12.2. The first-order valence-electron chi connectivity index (χ1n) is 9.66. The Morgan fingerprint density at radius 3 is 2.27 bits per heavy atom. The Morgan fingerprint density at radius 1 is 1.08 bits per heavy atom. The topological polar surface area (TPSA) is 95.9 Å². The molecule has 1 heterocycles. The Kier molecular flexibility index (Phi) is 6.89. The summed E-state index contributed by atoms with van der Waals surface area (Å²) in [5, 5.41) is 11.8. The molecule has 1 saturated heterocycles. The van der Waals surface area contributed by atoms with Crippen molar-refractivity contribution in [2.75, 3.05) is 13.1 Å². The van der Waals surface area contributed by atoms with E-state index in [-0.39, 0.29) is 30.2 Å². The first kappa shape index (κ1) is 20.5. The third kappa shape index (κ3) is 6.18. The molecule has 1 aliphatic heterocycles. The van der Waals surface area contributed by atoms with Gasteiger partial charge >= 0.3 is 12.1 Å².